The van der Waals surface area contributed by atoms with Crippen LogP contribution < -0.4 is 5.32 Å². The third-order valence-corrected chi connectivity index (χ3v) is 4.09. The van der Waals surface area contributed by atoms with Gasteiger partial charge in [-0.05, 0) is 20.3 Å². The van der Waals surface area contributed by atoms with Crippen LogP contribution in [0.2, 0.25) is 0 Å². The highest BCUT2D eigenvalue weighted by molar-refractivity contribution is 5.75. The Balaban J connectivity index is 2.15. The van der Waals surface area contributed by atoms with E-state index in [2.05, 4.69) is 31.0 Å². The Bertz CT molecular complexity index is 274. The summed E-state index contributed by atoms with van der Waals surface area (Å²) >= 11 is 0. The lowest BCUT2D eigenvalue weighted by atomic mass is 10.0. The summed E-state index contributed by atoms with van der Waals surface area (Å²) in [5.41, 5.74) is 0.0155. The molecule has 1 fully saturated rings. The molecule has 1 rings (SSSR count). The number of rotatable bonds is 9. The van der Waals surface area contributed by atoms with Crippen LogP contribution in [0.5, 0.6) is 0 Å². The molecule has 1 aliphatic rings. The minimum atomic E-state index is 0.0155. The fraction of sp³-hybridized carbons (Fsp3) is 0.938. The van der Waals surface area contributed by atoms with Crippen LogP contribution in [0.15, 0.2) is 0 Å². The quantitative estimate of drug-likeness (QED) is 0.662. The smallest absolute Gasteiger partial charge is 0.220 e. The zero-order valence-electron chi connectivity index (χ0n) is 13.5. The van der Waals surface area contributed by atoms with Crippen molar-refractivity contribution >= 4 is 5.91 Å². The third kappa shape index (κ3) is 6.71. The van der Waals surface area contributed by atoms with Gasteiger partial charge in [-0.3, -0.25) is 9.69 Å². The van der Waals surface area contributed by atoms with Crippen LogP contribution in [0.4, 0.5) is 0 Å². The average molecular weight is 284 g/mol. The van der Waals surface area contributed by atoms with Gasteiger partial charge >= 0.3 is 0 Å². The fourth-order valence-electron chi connectivity index (χ4n) is 2.57. The molecular formula is C16H32N2O2. The molecule has 1 N–H and O–H groups in total. The second kappa shape index (κ2) is 9.35. The van der Waals surface area contributed by atoms with E-state index < -0.39 is 0 Å². The zero-order chi connectivity index (χ0) is 14.8. The van der Waals surface area contributed by atoms with Crippen LogP contribution >= 0.6 is 0 Å². The maximum absolute atomic E-state index is 11.9. The van der Waals surface area contributed by atoms with Gasteiger partial charge in [-0.1, -0.05) is 32.6 Å². The van der Waals surface area contributed by atoms with Gasteiger partial charge < -0.3 is 10.1 Å². The first-order valence-electron chi connectivity index (χ1n) is 8.16. The van der Waals surface area contributed by atoms with E-state index in [0.717, 1.165) is 39.3 Å². The highest BCUT2D eigenvalue weighted by atomic mass is 16.5. The molecule has 4 nitrogen and oxygen atoms in total. The number of carbonyl (C=O) groups is 1. The summed E-state index contributed by atoms with van der Waals surface area (Å²) in [7, 11) is 0. The summed E-state index contributed by atoms with van der Waals surface area (Å²) in [6.45, 7) is 10.8. The summed E-state index contributed by atoms with van der Waals surface area (Å²) in [5.74, 6) is 0.197. The van der Waals surface area contributed by atoms with Crippen molar-refractivity contribution in [3.8, 4) is 0 Å². The summed E-state index contributed by atoms with van der Waals surface area (Å²) in [4.78, 5) is 14.3. The van der Waals surface area contributed by atoms with Gasteiger partial charge in [0, 0.05) is 31.6 Å². The molecule has 0 aromatic heterocycles. The Morgan fingerprint density at radius 1 is 1.15 bits per heavy atom. The number of nitrogens with one attached hydrogen (secondary N) is 1. The molecule has 0 bridgehead atoms. The number of ether oxygens (including phenoxy) is 1. The van der Waals surface area contributed by atoms with Gasteiger partial charge in [-0.15, -0.1) is 0 Å². The number of unbranched alkanes of at least 4 members (excludes halogenated alkanes) is 4. The predicted molar refractivity (Wildman–Crippen MR) is 82.9 cm³/mol. The normalized spacial score (nSPS) is 17.1. The molecule has 1 aliphatic heterocycles. The van der Waals surface area contributed by atoms with Gasteiger partial charge in [-0.25, -0.2) is 0 Å². The lowest BCUT2D eigenvalue weighted by Crippen LogP contribution is -2.55. The van der Waals surface area contributed by atoms with Crippen molar-refractivity contribution in [3.63, 3.8) is 0 Å². The van der Waals surface area contributed by atoms with Crippen LogP contribution in [0.25, 0.3) is 0 Å². The van der Waals surface area contributed by atoms with Gasteiger partial charge in [0.05, 0.1) is 13.2 Å². The highest BCUT2D eigenvalue weighted by Gasteiger charge is 2.28. The molecule has 0 atom stereocenters. The lowest BCUT2D eigenvalue weighted by Gasteiger charge is -2.40. The minimum absolute atomic E-state index is 0.0155. The van der Waals surface area contributed by atoms with Gasteiger partial charge in [0.2, 0.25) is 5.91 Å². The number of nitrogens with zero attached hydrogens (tertiary/aromatic N) is 1. The highest BCUT2D eigenvalue weighted by Crippen LogP contribution is 2.15. The number of hydrogen-bond donors (Lipinski definition) is 1. The van der Waals surface area contributed by atoms with Crippen LogP contribution in [-0.2, 0) is 9.53 Å². The first-order valence-corrected chi connectivity index (χ1v) is 8.16. The topological polar surface area (TPSA) is 41.6 Å². The Hall–Kier alpha value is -0.610. The second-order valence-corrected chi connectivity index (χ2v) is 6.35. The monoisotopic (exact) mass is 284 g/mol. The Kier molecular flexibility index (Phi) is 8.15. The molecule has 0 aliphatic carbocycles. The fourth-order valence-corrected chi connectivity index (χ4v) is 2.57. The zero-order valence-corrected chi connectivity index (χ0v) is 13.5. The van der Waals surface area contributed by atoms with Crippen molar-refractivity contribution in [1.29, 1.82) is 0 Å². The predicted octanol–water partition coefficient (Wildman–Crippen LogP) is 2.57. The minimum Gasteiger partial charge on any atom is -0.379 e. The lowest BCUT2D eigenvalue weighted by molar-refractivity contribution is -0.122. The number of carbonyl (C=O) groups excluding carboxylic acids is 1. The van der Waals surface area contributed by atoms with Crippen molar-refractivity contribution in [3.05, 3.63) is 0 Å². The van der Waals surface area contributed by atoms with E-state index in [4.69, 9.17) is 4.74 Å². The summed E-state index contributed by atoms with van der Waals surface area (Å²) < 4.78 is 5.38. The molecule has 1 heterocycles. The van der Waals surface area contributed by atoms with Gasteiger partial charge in [0.15, 0.2) is 0 Å². The van der Waals surface area contributed by atoms with Crippen LogP contribution in [0.1, 0.15) is 59.3 Å². The van der Waals surface area contributed by atoms with Crippen molar-refractivity contribution in [2.24, 2.45) is 0 Å². The van der Waals surface area contributed by atoms with E-state index in [1.807, 2.05) is 0 Å². The third-order valence-electron chi connectivity index (χ3n) is 4.09. The molecule has 4 heteroatoms. The van der Waals surface area contributed by atoms with Crippen LogP contribution in [-0.4, -0.2) is 49.2 Å². The maximum atomic E-state index is 11.9. The van der Waals surface area contributed by atoms with Gasteiger partial charge in [-0.2, -0.15) is 0 Å². The first-order chi connectivity index (χ1) is 9.56. The van der Waals surface area contributed by atoms with Crippen molar-refractivity contribution in [2.75, 3.05) is 32.8 Å². The van der Waals surface area contributed by atoms with Crippen molar-refractivity contribution in [2.45, 2.75) is 64.8 Å². The molecule has 1 saturated heterocycles. The SMILES string of the molecule is CCCCCCCC(=O)NCC(C)(C)N1CCOCC1. The van der Waals surface area contributed by atoms with E-state index in [9.17, 15) is 4.79 Å². The van der Waals surface area contributed by atoms with E-state index >= 15 is 0 Å². The van der Waals surface area contributed by atoms with E-state index in [-0.39, 0.29) is 11.4 Å². The van der Waals surface area contributed by atoms with Gasteiger partial charge in [0.25, 0.3) is 0 Å². The number of hydrogen-bond acceptors (Lipinski definition) is 3. The van der Waals surface area contributed by atoms with Crippen LogP contribution in [0.3, 0.4) is 0 Å². The molecule has 20 heavy (non-hydrogen) atoms. The van der Waals surface area contributed by atoms with E-state index in [1.165, 1.54) is 25.7 Å². The number of morpholine rings is 1. The molecule has 1 amide bonds. The van der Waals surface area contributed by atoms with Crippen molar-refractivity contribution in [1.82, 2.24) is 10.2 Å². The molecule has 0 unspecified atom stereocenters. The maximum Gasteiger partial charge on any atom is 0.220 e. The Morgan fingerprint density at radius 3 is 2.45 bits per heavy atom. The Labute approximate surface area is 124 Å². The molecule has 0 radical (unpaired) electrons. The second-order valence-electron chi connectivity index (χ2n) is 6.35. The molecule has 118 valence electrons. The molecule has 0 aromatic rings. The molecule has 0 spiro atoms. The van der Waals surface area contributed by atoms with Crippen LogP contribution in [0, 0.1) is 0 Å². The standard InChI is InChI=1S/C16H32N2O2/c1-4-5-6-7-8-9-15(19)17-14-16(2,3)18-10-12-20-13-11-18/h4-14H2,1-3H3,(H,17,19). The summed E-state index contributed by atoms with van der Waals surface area (Å²) in [5, 5.41) is 3.09. The average Bonchev–Trinajstić information content (AvgIpc) is 2.46. The van der Waals surface area contributed by atoms with E-state index in [1.54, 1.807) is 0 Å². The summed E-state index contributed by atoms with van der Waals surface area (Å²) in [6.07, 6.45) is 6.65. The molecule has 0 aromatic carbocycles. The molecule has 0 saturated carbocycles. The largest absolute Gasteiger partial charge is 0.379 e. The summed E-state index contributed by atoms with van der Waals surface area (Å²) in [6, 6.07) is 0. The van der Waals surface area contributed by atoms with Crippen molar-refractivity contribution < 1.29 is 9.53 Å². The first kappa shape index (κ1) is 17.4. The number of amides is 1. The van der Waals surface area contributed by atoms with E-state index in [0.29, 0.717) is 6.42 Å². The van der Waals surface area contributed by atoms with Gasteiger partial charge in [0.1, 0.15) is 0 Å². The Morgan fingerprint density at radius 2 is 1.80 bits per heavy atom. The molecular weight excluding hydrogens is 252 g/mol.